The van der Waals surface area contributed by atoms with E-state index in [1.165, 1.54) is 24.3 Å². The Labute approximate surface area is 182 Å². The summed E-state index contributed by atoms with van der Waals surface area (Å²) >= 11 is 0. The summed E-state index contributed by atoms with van der Waals surface area (Å²) in [6.45, 7) is 1.03. The van der Waals surface area contributed by atoms with E-state index in [0.29, 0.717) is 6.07 Å². The molecule has 2 aromatic heterocycles. The second-order valence-corrected chi connectivity index (χ2v) is 7.50. The number of alkyl halides is 3. The molecule has 0 unspecified atom stereocenters. The van der Waals surface area contributed by atoms with E-state index in [1.54, 1.807) is 0 Å². The Bertz CT molecular complexity index is 1370. The van der Waals surface area contributed by atoms with Crippen LogP contribution in [0.3, 0.4) is 0 Å². The van der Waals surface area contributed by atoms with E-state index in [2.05, 4.69) is 15.1 Å². The number of hydrogen-bond acceptors (Lipinski definition) is 5. The lowest BCUT2D eigenvalue weighted by Gasteiger charge is -2.35. The molecule has 1 N–H and O–H groups in total. The minimum Gasteiger partial charge on any atom is -0.381 e. The predicted molar refractivity (Wildman–Crippen MR) is 106 cm³/mol. The lowest BCUT2D eigenvalue weighted by atomic mass is 9.86. The standard InChI is InChI=1S/C21H16F5N5O2/c1-12(31-11-28-18-6-13(21(24,25)26)2-4-15(18)19(31)32)20(33,8-30-10-27-9-29-30)16-5-3-14(22)7-17(16)23/h2-7,9-12,33H,8H2,1H3/t12-,20-/m1/s1. The van der Waals surface area contributed by atoms with Crippen molar-refractivity contribution in [3.05, 3.63) is 88.5 Å². The van der Waals surface area contributed by atoms with Gasteiger partial charge in [0.1, 0.15) is 29.9 Å². The first-order chi connectivity index (χ1) is 15.5. The molecule has 0 radical (unpaired) electrons. The van der Waals surface area contributed by atoms with Crippen LogP contribution >= 0.6 is 0 Å². The molecule has 0 aliphatic rings. The molecule has 172 valence electrons. The minimum absolute atomic E-state index is 0.125. The summed E-state index contributed by atoms with van der Waals surface area (Å²) in [6, 6.07) is 3.88. The zero-order valence-electron chi connectivity index (χ0n) is 17.0. The number of hydrogen-bond donors (Lipinski definition) is 1. The predicted octanol–water partition coefficient (Wildman–Crippen LogP) is 3.43. The van der Waals surface area contributed by atoms with Crippen LogP contribution in [0.2, 0.25) is 0 Å². The van der Waals surface area contributed by atoms with Crippen molar-refractivity contribution in [3.8, 4) is 0 Å². The molecule has 0 spiro atoms. The SMILES string of the molecule is C[C@@H](n1cnc2cc(C(F)(F)F)ccc2c1=O)[C@](O)(Cn1cncn1)c1ccc(F)cc1F. The molecule has 2 heterocycles. The van der Waals surface area contributed by atoms with Crippen LogP contribution in [0.5, 0.6) is 0 Å². The van der Waals surface area contributed by atoms with Gasteiger partial charge in [0.15, 0.2) is 0 Å². The van der Waals surface area contributed by atoms with Crippen LogP contribution in [-0.4, -0.2) is 29.4 Å². The third kappa shape index (κ3) is 4.09. The normalized spacial score (nSPS) is 14.9. The summed E-state index contributed by atoms with van der Waals surface area (Å²) in [4.78, 5) is 20.8. The van der Waals surface area contributed by atoms with E-state index in [4.69, 9.17) is 0 Å². The van der Waals surface area contributed by atoms with Gasteiger partial charge >= 0.3 is 6.18 Å². The summed E-state index contributed by atoms with van der Waals surface area (Å²) in [7, 11) is 0. The second-order valence-electron chi connectivity index (χ2n) is 7.50. The fourth-order valence-corrected chi connectivity index (χ4v) is 3.66. The van der Waals surface area contributed by atoms with Crippen LogP contribution in [0.15, 0.2) is 60.2 Å². The van der Waals surface area contributed by atoms with Gasteiger partial charge in [-0.1, -0.05) is 6.07 Å². The molecule has 0 bridgehead atoms. The smallest absolute Gasteiger partial charge is 0.381 e. The summed E-state index contributed by atoms with van der Waals surface area (Å²) in [5.74, 6) is -1.92. The first-order valence-corrected chi connectivity index (χ1v) is 9.59. The largest absolute Gasteiger partial charge is 0.416 e. The number of fused-ring (bicyclic) bond motifs is 1. The molecule has 0 saturated heterocycles. The number of benzene rings is 2. The second kappa shape index (κ2) is 8.03. The van der Waals surface area contributed by atoms with Crippen LogP contribution in [0, 0.1) is 11.6 Å². The van der Waals surface area contributed by atoms with Gasteiger partial charge in [-0.15, -0.1) is 0 Å². The van der Waals surface area contributed by atoms with E-state index in [9.17, 15) is 31.9 Å². The molecule has 2 atom stereocenters. The van der Waals surface area contributed by atoms with E-state index in [-0.39, 0.29) is 23.0 Å². The quantitative estimate of drug-likeness (QED) is 0.457. The summed E-state index contributed by atoms with van der Waals surface area (Å²) in [5, 5.41) is 15.4. The van der Waals surface area contributed by atoms with Crippen molar-refractivity contribution in [2.75, 3.05) is 0 Å². The zero-order valence-corrected chi connectivity index (χ0v) is 17.0. The van der Waals surface area contributed by atoms with Crippen molar-refractivity contribution in [2.24, 2.45) is 0 Å². The van der Waals surface area contributed by atoms with Crippen LogP contribution < -0.4 is 5.56 Å². The highest BCUT2D eigenvalue weighted by molar-refractivity contribution is 5.78. The third-order valence-corrected chi connectivity index (χ3v) is 5.49. The van der Waals surface area contributed by atoms with Gasteiger partial charge in [-0.3, -0.25) is 9.36 Å². The zero-order chi connectivity index (χ0) is 24.0. The lowest BCUT2D eigenvalue weighted by Crippen LogP contribution is -2.43. The van der Waals surface area contributed by atoms with E-state index in [0.717, 1.165) is 41.2 Å². The Kier molecular flexibility index (Phi) is 5.48. The number of rotatable bonds is 5. The number of aliphatic hydroxyl groups is 1. The van der Waals surface area contributed by atoms with Gasteiger partial charge in [0.2, 0.25) is 0 Å². The van der Waals surface area contributed by atoms with Crippen molar-refractivity contribution in [1.29, 1.82) is 0 Å². The van der Waals surface area contributed by atoms with Crippen molar-refractivity contribution >= 4 is 10.9 Å². The van der Waals surface area contributed by atoms with Gasteiger partial charge in [0, 0.05) is 11.6 Å². The van der Waals surface area contributed by atoms with Gasteiger partial charge in [-0.2, -0.15) is 18.3 Å². The van der Waals surface area contributed by atoms with Crippen LogP contribution in [-0.2, 0) is 18.3 Å². The van der Waals surface area contributed by atoms with Gasteiger partial charge in [0.05, 0.1) is 35.4 Å². The minimum atomic E-state index is -4.61. The molecule has 0 saturated carbocycles. The molecule has 2 aromatic carbocycles. The lowest BCUT2D eigenvalue weighted by molar-refractivity contribution is -0.137. The van der Waals surface area contributed by atoms with Crippen molar-refractivity contribution in [3.63, 3.8) is 0 Å². The Balaban J connectivity index is 1.86. The number of nitrogens with zero attached hydrogens (tertiary/aromatic N) is 5. The molecule has 33 heavy (non-hydrogen) atoms. The highest BCUT2D eigenvalue weighted by Gasteiger charge is 2.41. The molecular weight excluding hydrogens is 449 g/mol. The van der Waals surface area contributed by atoms with E-state index >= 15 is 0 Å². The average molecular weight is 465 g/mol. The summed E-state index contributed by atoms with van der Waals surface area (Å²) < 4.78 is 69.4. The maximum absolute atomic E-state index is 14.7. The fourth-order valence-electron chi connectivity index (χ4n) is 3.66. The number of halogens is 5. The van der Waals surface area contributed by atoms with Crippen LogP contribution in [0.25, 0.3) is 10.9 Å². The fraction of sp³-hybridized carbons (Fsp3) is 0.238. The Morgan fingerprint density at radius 2 is 1.85 bits per heavy atom. The van der Waals surface area contributed by atoms with Crippen molar-refractivity contribution in [1.82, 2.24) is 24.3 Å². The number of aromatic nitrogens is 5. The van der Waals surface area contributed by atoms with Gasteiger partial charge in [-0.25, -0.2) is 23.4 Å². The van der Waals surface area contributed by atoms with E-state index in [1.807, 2.05) is 0 Å². The Hall–Kier alpha value is -3.67. The molecule has 0 aliphatic heterocycles. The summed E-state index contributed by atoms with van der Waals surface area (Å²) in [6.07, 6.45) is -1.19. The van der Waals surface area contributed by atoms with Crippen LogP contribution in [0.1, 0.15) is 24.1 Å². The Morgan fingerprint density at radius 3 is 2.48 bits per heavy atom. The van der Waals surface area contributed by atoms with Gasteiger partial charge in [0.25, 0.3) is 5.56 Å². The Morgan fingerprint density at radius 1 is 1.09 bits per heavy atom. The van der Waals surface area contributed by atoms with Crippen molar-refractivity contribution in [2.45, 2.75) is 31.3 Å². The molecule has 4 rings (SSSR count). The summed E-state index contributed by atoms with van der Waals surface area (Å²) in [5.41, 5.74) is -4.36. The molecule has 7 nitrogen and oxygen atoms in total. The molecule has 12 heteroatoms. The molecule has 0 aliphatic carbocycles. The molecule has 0 fully saturated rings. The highest BCUT2D eigenvalue weighted by atomic mass is 19.4. The van der Waals surface area contributed by atoms with Crippen molar-refractivity contribution < 1.29 is 27.1 Å². The van der Waals surface area contributed by atoms with Gasteiger partial charge in [-0.05, 0) is 31.2 Å². The van der Waals surface area contributed by atoms with Crippen LogP contribution in [0.4, 0.5) is 22.0 Å². The first kappa shape index (κ1) is 22.5. The van der Waals surface area contributed by atoms with E-state index < -0.39 is 40.6 Å². The first-order valence-electron chi connectivity index (χ1n) is 9.59. The third-order valence-electron chi connectivity index (χ3n) is 5.49. The topological polar surface area (TPSA) is 85.8 Å². The maximum atomic E-state index is 14.7. The molecule has 4 aromatic rings. The molecular formula is C21H16F5N5O2. The average Bonchev–Trinajstić information content (AvgIpc) is 3.25. The monoisotopic (exact) mass is 465 g/mol. The highest BCUT2D eigenvalue weighted by Crippen LogP contribution is 2.36. The molecule has 0 amide bonds. The maximum Gasteiger partial charge on any atom is 0.416 e. The van der Waals surface area contributed by atoms with Gasteiger partial charge < -0.3 is 5.11 Å².